The van der Waals surface area contributed by atoms with Crippen LogP contribution in [-0.4, -0.2) is 42.4 Å². The number of aryl methyl sites for hydroxylation is 2. The first-order valence-corrected chi connectivity index (χ1v) is 8.53. The molecular weight excluding hydrogens is 298 g/mol. The minimum Gasteiger partial charge on any atom is -0.491 e. The molecule has 0 amide bonds. The van der Waals surface area contributed by atoms with E-state index in [4.69, 9.17) is 16.3 Å². The molecule has 0 aromatic heterocycles. The predicted molar refractivity (Wildman–Crippen MR) is 91.8 cm³/mol. The van der Waals surface area contributed by atoms with Gasteiger partial charge >= 0.3 is 0 Å². The molecule has 3 nitrogen and oxygen atoms in total. The standard InChI is InChI=1S/C18H28ClNO2/c1-12-5-13(2)9-20(8-12)10-16(21)11-22-17-6-14(3)18(19)15(4)7-17/h6-7,12-13,16,21H,5,8-11H2,1-4H3/t12-,13+,16-/m0/s1. The van der Waals surface area contributed by atoms with Gasteiger partial charge in [0, 0.05) is 24.7 Å². The van der Waals surface area contributed by atoms with E-state index in [0.29, 0.717) is 25.0 Å². The number of aliphatic hydroxyl groups excluding tert-OH is 1. The van der Waals surface area contributed by atoms with Crippen molar-refractivity contribution in [1.82, 2.24) is 4.90 Å². The fourth-order valence-corrected chi connectivity index (χ4v) is 3.58. The third-order valence-electron chi connectivity index (χ3n) is 4.27. The number of hydrogen-bond donors (Lipinski definition) is 1. The largest absolute Gasteiger partial charge is 0.491 e. The molecule has 1 aromatic carbocycles. The Bertz CT molecular complexity index is 473. The van der Waals surface area contributed by atoms with E-state index in [0.717, 1.165) is 35.0 Å². The number of aliphatic hydroxyl groups is 1. The molecule has 0 aliphatic carbocycles. The van der Waals surface area contributed by atoms with Gasteiger partial charge in [-0.25, -0.2) is 0 Å². The lowest BCUT2D eigenvalue weighted by Crippen LogP contribution is -2.44. The van der Waals surface area contributed by atoms with Crippen LogP contribution in [0.15, 0.2) is 12.1 Å². The smallest absolute Gasteiger partial charge is 0.120 e. The second kappa shape index (κ2) is 7.67. The normalized spacial score (nSPS) is 24.3. The molecule has 0 radical (unpaired) electrons. The lowest BCUT2D eigenvalue weighted by Gasteiger charge is -2.35. The van der Waals surface area contributed by atoms with Crippen molar-refractivity contribution in [2.45, 2.75) is 40.2 Å². The molecule has 124 valence electrons. The SMILES string of the molecule is Cc1cc(OC[C@@H](O)CN2C[C@H](C)C[C@H](C)C2)cc(C)c1Cl. The molecule has 0 unspecified atom stereocenters. The lowest BCUT2D eigenvalue weighted by atomic mass is 9.92. The summed E-state index contributed by atoms with van der Waals surface area (Å²) in [5, 5.41) is 11.0. The Morgan fingerprint density at radius 1 is 1.23 bits per heavy atom. The molecule has 1 saturated heterocycles. The topological polar surface area (TPSA) is 32.7 Å². The molecule has 1 heterocycles. The summed E-state index contributed by atoms with van der Waals surface area (Å²) in [6.07, 6.45) is 0.820. The highest BCUT2D eigenvalue weighted by Gasteiger charge is 2.23. The fourth-order valence-electron chi connectivity index (χ4n) is 3.47. The van der Waals surface area contributed by atoms with E-state index in [-0.39, 0.29) is 0 Å². The van der Waals surface area contributed by atoms with E-state index in [1.54, 1.807) is 0 Å². The van der Waals surface area contributed by atoms with Crippen molar-refractivity contribution in [3.05, 3.63) is 28.3 Å². The van der Waals surface area contributed by atoms with E-state index in [1.165, 1.54) is 6.42 Å². The van der Waals surface area contributed by atoms with Gasteiger partial charge in [0.1, 0.15) is 18.5 Å². The highest BCUT2D eigenvalue weighted by Crippen LogP contribution is 2.26. The number of ether oxygens (including phenoxy) is 1. The Labute approximate surface area is 139 Å². The van der Waals surface area contributed by atoms with E-state index in [9.17, 15) is 5.11 Å². The van der Waals surface area contributed by atoms with E-state index >= 15 is 0 Å². The lowest BCUT2D eigenvalue weighted by molar-refractivity contribution is 0.0428. The Hall–Kier alpha value is -0.770. The highest BCUT2D eigenvalue weighted by atomic mass is 35.5. The number of likely N-dealkylation sites (tertiary alicyclic amines) is 1. The Balaban J connectivity index is 1.84. The Kier molecular flexibility index (Phi) is 6.13. The fraction of sp³-hybridized carbons (Fsp3) is 0.667. The molecule has 0 saturated carbocycles. The van der Waals surface area contributed by atoms with Gasteiger partial charge in [-0.1, -0.05) is 25.4 Å². The summed E-state index contributed by atoms with van der Waals surface area (Å²) in [5.74, 6) is 2.19. The molecule has 3 atom stereocenters. The second-order valence-corrected chi connectivity index (χ2v) is 7.38. The summed E-state index contributed by atoms with van der Waals surface area (Å²) in [5.41, 5.74) is 2.01. The first-order chi connectivity index (χ1) is 10.3. The highest BCUT2D eigenvalue weighted by molar-refractivity contribution is 6.32. The molecule has 1 aromatic rings. The zero-order valence-corrected chi connectivity index (χ0v) is 14.9. The van der Waals surface area contributed by atoms with Crippen LogP contribution < -0.4 is 4.74 Å². The average Bonchev–Trinajstić information content (AvgIpc) is 2.41. The van der Waals surface area contributed by atoms with Gasteiger partial charge in [-0.05, 0) is 55.4 Å². The monoisotopic (exact) mass is 325 g/mol. The number of piperidine rings is 1. The molecule has 22 heavy (non-hydrogen) atoms. The summed E-state index contributed by atoms with van der Waals surface area (Å²) < 4.78 is 5.74. The molecule has 1 aliphatic rings. The van der Waals surface area contributed by atoms with E-state index in [1.807, 2.05) is 26.0 Å². The minimum atomic E-state index is -0.464. The number of halogens is 1. The van der Waals surface area contributed by atoms with Gasteiger partial charge in [0.25, 0.3) is 0 Å². The van der Waals surface area contributed by atoms with Gasteiger partial charge in [0.15, 0.2) is 0 Å². The van der Waals surface area contributed by atoms with Gasteiger partial charge in [-0.3, -0.25) is 0 Å². The Morgan fingerprint density at radius 3 is 2.32 bits per heavy atom. The van der Waals surface area contributed by atoms with Crippen LogP contribution in [-0.2, 0) is 0 Å². The number of rotatable bonds is 5. The number of nitrogens with zero attached hydrogens (tertiary/aromatic N) is 1. The molecule has 1 aliphatic heterocycles. The maximum atomic E-state index is 10.2. The molecule has 0 spiro atoms. The van der Waals surface area contributed by atoms with Crippen LogP contribution >= 0.6 is 11.6 Å². The van der Waals surface area contributed by atoms with E-state index in [2.05, 4.69) is 18.7 Å². The molecule has 2 rings (SSSR count). The Morgan fingerprint density at radius 2 is 1.77 bits per heavy atom. The van der Waals surface area contributed by atoms with Crippen molar-refractivity contribution in [2.75, 3.05) is 26.2 Å². The summed E-state index contributed by atoms with van der Waals surface area (Å²) in [6, 6.07) is 3.85. The van der Waals surface area contributed by atoms with Crippen molar-refractivity contribution in [1.29, 1.82) is 0 Å². The molecular formula is C18H28ClNO2. The van der Waals surface area contributed by atoms with Crippen molar-refractivity contribution >= 4 is 11.6 Å². The summed E-state index contributed by atoms with van der Waals surface area (Å²) in [7, 11) is 0. The third-order valence-corrected chi connectivity index (χ3v) is 4.86. The van der Waals surface area contributed by atoms with Gasteiger partial charge in [-0.15, -0.1) is 0 Å². The van der Waals surface area contributed by atoms with Crippen LogP contribution in [0.25, 0.3) is 0 Å². The first-order valence-electron chi connectivity index (χ1n) is 8.15. The third kappa shape index (κ3) is 4.87. The number of benzene rings is 1. The molecule has 0 bridgehead atoms. The zero-order valence-electron chi connectivity index (χ0n) is 14.1. The van der Waals surface area contributed by atoms with Crippen molar-refractivity contribution in [3.63, 3.8) is 0 Å². The summed E-state index contributed by atoms with van der Waals surface area (Å²) in [6.45, 7) is 11.6. The minimum absolute atomic E-state index is 0.319. The predicted octanol–water partition coefficient (Wildman–Crippen LogP) is 3.67. The first kappa shape index (κ1) is 17.6. The second-order valence-electron chi connectivity index (χ2n) is 7.00. The van der Waals surface area contributed by atoms with Crippen LogP contribution in [0.2, 0.25) is 5.02 Å². The van der Waals surface area contributed by atoms with Crippen LogP contribution in [0, 0.1) is 25.7 Å². The van der Waals surface area contributed by atoms with Crippen LogP contribution in [0.4, 0.5) is 0 Å². The van der Waals surface area contributed by atoms with Crippen LogP contribution in [0.5, 0.6) is 5.75 Å². The maximum absolute atomic E-state index is 10.2. The van der Waals surface area contributed by atoms with Gasteiger partial charge < -0.3 is 14.7 Å². The summed E-state index contributed by atoms with van der Waals surface area (Å²) in [4.78, 5) is 2.35. The number of hydrogen-bond acceptors (Lipinski definition) is 3. The average molecular weight is 326 g/mol. The number of β-amino-alcohol motifs (C(OH)–C–C–N with tert-alkyl or cyclic N) is 1. The zero-order chi connectivity index (χ0) is 16.3. The van der Waals surface area contributed by atoms with Crippen molar-refractivity contribution in [3.8, 4) is 5.75 Å². The quantitative estimate of drug-likeness (QED) is 0.896. The van der Waals surface area contributed by atoms with Gasteiger partial charge in [0.2, 0.25) is 0 Å². The summed E-state index contributed by atoms with van der Waals surface area (Å²) >= 11 is 6.16. The molecule has 1 fully saturated rings. The van der Waals surface area contributed by atoms with Crippen LogP contribution in [0.3, 0.4) is 0 Å². The van der Waals surface area contributed by atoms with E-state index < -0.39 is 6.10 Å². The molecule has 1 N–H and O–H groups in total. The van der Waals surface area contributed by atoms with Crippen molar-refractivity contribution < 1.29 is 9.84 Å². The maximum Gasteiger partial charge on any atom is 0.120 e. The van der Waals surface area contributed by atoms with Gasteiger partial charge in [0.05, 0.1) is 0 Å². The van der Waals surface area contributed by atoms with Crippen LogP contribution in [0.1, 0.15) is 31.4 Å². The molecule has 4 heteroatoms. The van der Waals surface area contributed by atoms with Gasteiger partial charge in [-0.2, -0.15) is 0 Å². The van der Waals surface area contributed by atoms with Crippen molar-refractivity contribution in [2.24, 2.45) is 11.8 Å².